The lowest BCUT2D eigenvalue weighted by Crippen LogP contribution is -1.80. The number of hydrogen-bond acceptors (Lipinski definition) is 1. The Bertz CT molecular complexity index is 956. The molecule has 0 bridgehead atoms. The van der Waals surface area contributed by atoms with Gasteiger partial charge in [-0.2, -0.15) is 0 Å². The van der Waals surface area contributed by atoms with Crippen molar-refractivity contribution in [3.8, 4) is 32.0 Å². The fraction of sp³-hybridized carbons (Fsp3) is 0. The average Bonchev–Trinajstić information content (AvgIpc) is 3.09. The first kappa shape index (κ1) is 14.9. The van der Waals surface area contributed by atoms with Gasteiger partial charge in [-0.1, -0.05) is 72.8 Å². The second-order valence-corrected chi connectivity index (χ2v) is 6.65. The van der Waals surface area contributed by atoms with E-state index in [1.54, 1.807) is 23.5 Å². The molecule has 4 rings (SSSR count). The standard InChI is InChI=1S/C22H15FS/c23-19-13-7-12-18(14-19)22-20(16-8-3-1-4-9-16)15-21(24-22)17-10-5-2-6-11-17/h1-15H. The van der Waals surface area contributed by atoms with Crippen LogP contribution in [-0.2, 0) is 0 Å². The summed E-state index contributed by atoms with van der Waals surface area (Å²) < 4.78 is 13.7. The van der Waals surface area contributed by atoms with Crippen molar-refractivity contribution in [2.45, 2.75) is 0 Å². The third kappa shape index (κ3) is 2.89. The first-order valence-electron chi connectivity index (χ1n) is 7.82. The van der Waals surface area contributed by atoms with Gasteiger partial charge in [-0.15, -0.1) is 11.3 Å². The van der Waals surface area contributed by atoms with Gasteiger partial charge in [0, 0.05) is 15.3 Å². The molecule has 0 fully saturated rings. The summed E-state index contributed by atoms with van der Waals surface area (Å²) in [6, 6.07) is 29.6. The van der Waals surface area contributed by atoms with Crippen molar-refractivity contribution in [2.75, 3.05) is 0 Å². The van der Waals surface area contributed by atoms with Crippen LogP contribution in [0.4, 0.5) is 4.39 Å². The normalized spacial score (nSPS) is 10.7. The van der Waals surface area contributed by atoms with Gasteiger partial charge in [0.25, 0.3) is 0 Å². The van der Waals surface area contributed by atoms with E-state index in [2.05, 4.69) is 30.3 Å². The molecule has 0 aliphatic rings. The van der Waals surface area contributed by atoms with Crippen LogP contribution in [0.25, 0.3) is 32.0 Å². The van der Waals surface area contributed by atoms with Gasteiger partial charge >= 0.3 is 0 Å². The van der Waals surface area contributed by atoms with Crippen LogP contribution in [0.2, 0.25) is 0 Å². The Morgan fingerprint density at radius 3 is 1.88 bits per heavy atom. The summed E-state index contributed by atoms with van der Waals surface area (Å²) in [5, 5.41) is 0. The number of benzene rings is 3. The molecule has 24 heavy (non-hydrogen) atoms. The van der Waals surface area contributed by atoms with Gasteiger partial charge < -0.3 is 0 Å². The van der Waals surface area contributed by atoms with E-state index in [0.717, 1.165) is 21.6 Å². The smallest absolute Gasteiger partial charge is 0.123 e. The second-order valence-electron chi connectivity index (χ2n) is 5.60. The van der Waals surface area contributed by atoms with E-state index in [1.807, 2.05) is 42.5 Å². The summed E-state index contributed by atoms with van der Waals surface area (Å²) in [6.45, 7) is 0. The highest BCUT2D eigenvalue weighted by molar-refractivity contribution is 7.19. The zero-order valence-corrected chi connectivity index (χ0v) is 13.8. The minimum atomic E-state index is -0.207. The Kier molecular flexibility index (Phi) is 3.97. The summed E-state index contributed by atoms with van der Waals surface area (Å²) in [4.78, 5) is 2.29. The van der Waals surface area contributed by atoms with E-state index in [4.69, 9.17) is 0 Å². The highest BCUT2D eigenvalue weighted by Crippen LogP contribution is 2.43. The summed E-state index contributed by atoms with van der Waals surface area (Å²) >= 11 is 1.70. The summed E-state index contributed by atoms with van der Waals surface area (Å²) in [6.07, 6.45) is 0. The largest absolute Gasteiger partial charge is 0.207 e. The summed E-state index contributed by atoms with van der Waals surface area (Å²) in [5.41, 5.74) is 4.39. The van der Waals surface area contributed by atoms with Gasteiger partial charge in [-0.25, -0.2) is 4.39 Å². The maximum Gasteiger partial charge on any atom is 0.123 e. The Morgan fingerprint density at radius 2 is 1.21 bits per heavy atom. The molecule has 0 N–H and O–H groups in total. The van der Waals surface area contributed by atoms with Crippen LogP contribution in [0.1, 0.15) is 0 Å². The molecule has 0 nitrogen and oxygen atoms in total. The Hall–Kier alpha value is -2.71. The van der Waals surface area contributed by atoms with Gasteiger partial charge in [0.15, 0.2) is 0 Å². The molecular formula is C22H15FS. The average molecular weight is 330 g/mol. The maximum absolute atomic E-state index is 13.7. The van der Waals surface area contributed by atoms with Gasteiger partial charge in [0.2, 0.25) is 0 Å². The zero-order valence-electron chi connectivity index (χ0n) is 12.9. The number of hydrogen-bond donors (Lipinski definition) is 0. The van der Waals surface area contributed by atoms with Crippen LogP contribution in [0.5, 0.6) is 0 Å². The van der Waals surface area contributed by atoms with Gasteiger partial charge in [0.1, 0.15) is 5.82 Å². The highest BCUT2D eigenvalue weighted by atomic mass is 32.1. The molecule has 2 heteroatoms. The summed E-state index contributed by atoms with van der Waals surface area (Å²) in [7, 11) is 0. The monoisotopic (exact) mass is 330 g/mol. The Labute approximate surface area is 144 Å². The molecule has 0 amide bonds. The van der Waals surface area contributed by atoms with Gasteiger partial charge in [0.05, 0.1) is 0 Å². The quantitative estimate of drug-likeness (QED) is 0.384. The third-order valence-corrected chi connectivity index (χ3v) is 5.20. The summed E-state index contributed by atoms with van der Waals surface area (Å²) in [5.74, 6) is -0.207. The van der Waals surface area contributed by atoms with Crippen LogP contribution in [-0.4, -0.2) is 0 Å². The topological polar surface area (TPSA) is 0 Å². The molecular weight excluding hydrogens is 315 g/mol. The van der Waals surface area contributed by atoms with Crippen LogP contribution >= 0.6 is 11.3 Å². The van der Waals surface area contributed by atoms with Crippen LogP contribution in [0.15, 0.2) is 91.0 Å². The predicted molar refractivity (Wildman–Crippen MR) is 101 cm³/mol. The molecule has 0 spiro atoms. The number of rotatable bonds is 3. The van der Waals surface area contributed by atoms with E-state index < -0.39 is 0 Å². The van der Waals surface area contributed by atoms with Crippen LogP contribution in [0, 0.1) is 5.82 Å². The molecule has 0 aliphatic carbocycles. The van der Waals surface area contributed by atoms with E-state index in [1.165, 1.54) is 16.5 Å². The van der Waals surface area contributed by atoms with Crippen molar-refractivity contribution in [2.24, 2.45) is 0 Å². The lowest BCUT2D eigenvalue weighted by atomic mass is 10.0. The predicted octanol–water partition coefficient (Wildman–Crippen LogP) is 6.89. The van der Waals surface area contributed by atoms with E-state index in [9.17, 15) is 4.39 Å². The van der Waals surface area contributed by atoms with E-state index >= 15 is 0 Å². The SMILES string of the molecule is Fc1cccc(-c2sc(-c3ccccc3)cc2-c2ccccc2)c1. The first-order valence-corrected chi connectivity index (χ1v) is 8.63. The third-order valence-electron chi connectivity index (χ3n) is 3.96. The van der Waals surface area contributed by atoms with Crippen molar-refractivity contribution in [1.82, 2.24) is 0 Å². The molecule has 0 radical (unpaired) electrons. The zero-order chi connectivity index (χ0) is 16.4. The Balaban J connectivity index is 1.92. The molecule has 0 aliphatic heterocycles. The molecule has 0 unspecified atom stereocenters. The fourth-order valence-corrected chi connectivity index (χ4v) is 3.99. The van der Waals surface area contributed by atoms with Crippen molar-refractivity contribution in [3.63, 3.8) is 0 Å². The fourth-order valence-electron chi connectivity index (χ4n) is 2.81. The first-order chi connectivity index (χ1) is 11.8. The molecule has 116 valence electrons. The van der Waals surface area contributed by atoms with Crippen molar-refractivity contribution >= 4 is 11.3 Å². The van der Waals surface area contributed by atoms with E-state index in [0.29, 0.717) is 0 Å². The number of halogens is 1. The van der Waals surface area contributed by atoms with Crippen LogP contribution in [0.3, 0.4) is 0 Å². The molecule has 3 aromatic carbocycles. The van der Waals surface area contributed by atoms with Crippen molar-refractivity contribution < 1.29 is 4.39 Å². The number of thiophene rings is 1. The molecule has 0 atom stereocenters. The highest BCUT2D eigenvalue weighted by Gasteiger charge is 2.14. The van der Waals surface area contributed by atoms with E-state index in [-0.39, 0.29) is 5.82 Å². The maximum atomic E-state index is 13.7. The molecule has 4 aromatic rings. The lowest BCUT2D eigenvalue weighted by molar-refractivity contribution is 0.628. The van der Waals surface area contributed by atoms with Crippen molar-refractivity contribution in [1.29, 1.82) is 0 Å². The minimum absolute atomic E-state index is 0.207. The van der Waals surface area contributed by atoms with Crippen molar-refractivity contribution in [3.05, 3.63) is 96.8 Å². The van der Waals surface area contributed by atoms with Crippen LogP contribution < -0.4 is 0 Å². The Morgan fingerprint density at radius 1 is 0.583 bits per heavy atom. The lowest BCUT2D eigenvalue weighted by Gasteiger charge is -2.04. The minimum Gasteiger partial charge on any atom is -0.207 e. The van der Waals surface area contributed by atoms with Gasteiger partial charge in [-0.3, -0.25) is 0 Å². The van der Waals surface area contributed by atoms with Gasteiger partial charge in [-0.05, 0) is 34.9 Å². The second kappa shape index (κ2) is 6.42. The molecule has 0 saturated heterocycles. The molecule has 1 heterocycles. The molecule has 1 aromatic heterocycles. The molecule has 0 saturated carbocycles.